The van der Waals surface area contributed by atoms with E-state index in [1.54, 1.807) is 6.07 Å². The largest absolute Gasteiger partial charge is 0.494 e. The first kappa shape index (κ1) is 12.4. The lowest BCUT2D eigenvalue weighted by Gasteiger charge is -2.38. The zero-order valence-corrected chi connectivity index (χ0v) is 11.2. The molecule has 1 aromatic heterocycles. The average Bonchev–Trinajstić information content (AvgIpc) is 2.78. The van der Waals surface area contributed by atoms with Crippen LogP contribution in [0.4, 0.5) is 4.39 Å². The van der Waals surface area contributed by atoms with E-state index in [1.807, 2.05) is 0 Å². The van der Waals surface area contributed by atoms with Gasteiger partial charge < -0.3 is 9.64 Å². The molecular weight excluding hydrogens is 245 g/mol. The van der Waals surface area contributed by atoms with Gasteiger partial charge in [-0.05, 0) is 26.0 Å². The topological polar surface area (TPSA) is 41.1 Å². The second kappa shape index (κ2) is 4.81. The summed E-state index contributed by atoms with van der Waals surface area (Å²) in [4.78, 5) is 2.44. The molecule has 5 heteroatoms. The number of nitrogens with one attached hydrogen (secondary N) is 1. The Kier molecular flexibility index (Phi) is 3.14. The molecule has 19 heavy (non-hydrogen) atoms. The van der Waals surface area contributed by atoms with Crippen LogP contribution in [0.15, 0.2) is 12.1 Å². The van der Waals surface area contributed by atoms with Gasteiger partial charge >= 0.3 is 0 Å². The maximum absolute atomic E-state index is 13.6. The second-order valence-corrected chi connectivity index (χ2v) is 5.13. The van der Waals surface area contributed by atoms with E-state index in [-0.39, 0.29) is 11.6 Å². The number of hydrogen-bond donors (Lipinski definition) is 1. The molecule has 0 saturated carbocycles. The van der Waals surface area contributed by atoms with Crippen molar-refractivity contribution in [2.45, 2.75) is 25.8 Å². The van der Waals surface area contributed by atoms with Crippen LogP contribution < -0.4 is 4.74 Å². The maximum atomic E-state index is 13.6. The lowest BCUT2D eigenvalue weighted by molar-refractivity contribution is 0.106. The number of nitrogens with zero attached hydrogens (tertiary/aromatic N) is 2. The molecule has 1 aliphatic rings. The fourth-order valence-electron chi connectivity index (χ4n) is 2.57. The monoisotopic (exact) mass is 263 g/mol. The van der Waals surface area contributed by atoms with Gasteiger partial charge in [-0.3, -0.25) is 5.10 Å². The van der Waals surface area contributed by atoms with Crippen molar-refractivity contribution in [1.29, 1.82) is 0 Å². The molecule has 0 amide bonds. The summed E-state index contributed by atoms with van der Waals surface area (Å²) in [6.07, 6.45) is 2.18. The Labute approximate surface area is 111 Å². The lowest BCUT2D eigenvalue weighted by Crippen LogP contribution is -2.46. The summed E-state index contributed by atoms with van der Waals surface area (Å²) in [5, 5.41) is 8.12. The van der Waals surface area contributed by atoms with Gasteiger partial charge in [0.25, 0.3) is 0 Å². The Balaban J connectivity index is 1.83. The quantitative estimate of drug-likeness (QED) is 0.920. The zero-order chi connectivity index (χ0) is 13.4. The number of ether oxygens (including phenoxy) is 1. The first-order valence-corrected chi connectivity index (χ1v) is 6.63. The molecule has 1 fully saturated rings. The number of benzene rings is 1. The van der Waals surface area contributed by atoms with Crippen LogP contribution in [-0.2, 0) is 6.42 Å². The van der Waals surface area contributed by atoms with Crippen LogP contribution in [0.1, 0.15) is 19.0 Å². The highest BCUT2D eigenvalue weighted by Crippen LogP contribution is 2.26. The zero-order valence-electron chi connectivity index (χ0n) is 11.2. The van der Waals surface area contributed by atoms with Crippen molar-refractivity contribution in [2.75, 3.05) is 20.2 Å². The van der Waals surface area contributed by atoms with Gasteiger partial charge in [-0.15, -0.1) is 0 Å². The predicted molar refractivity (Wildman–Crippen MR) is 72.0 cm³/mol. The van der Waals surface area contributed by atoms with Gasteiger partial charge in [0.1, 0.15) is 0 Å². The normalized spacial score (nSPS) is 19.6. The van der Waals surface area contributed by atoms with Crippen LogP contribution in [-0.4, -0.2) is 41.3 Å². The Morgan fingerprint density at radius 2 is 2.37 bits per heavy atom. The number of H-pyrrole nitrogens is 1. The molecule has 0 bridgehead atoms. The van der Waals surface area contributed by atoms with Gasteiger partial charge in [-0.2, -0.15) is 5.10 Å². The van der Waals surface area contributed by atoms with Gasteiger partial charge in [0, 0.05) is 36.2 Å². The minimum absolute atomic E-state index is 0.271. The Hall–Kier alpha value is -1.62. The van der Waals surface area contributed by atoms with Crippen LogP contribution in [0, 0.1) is 5.82 Å². The molecule has 1 saturated heterocycles. The van der Waals surface area contributed by atoms with Crippen molar-refractivity contribution < 1.29 is 9.13 Å². The Morgan fingerprint density at radius 3 is 3.00 bits per heavy atom. The van der Waals surface area contributed by atoms with E-state index in [1.165, 1.54) is 26.1 Å². The van der Waals surface area contributed by atoms with E-state index in [2.05, 4.69) is 22.0 Å². The minimum atomic E-state index is -0.371. The van der Waals surface area contributed by atoms with Crippen LogP contribution >= 0.6 is 0 Å². The van der Waals surface area contributed by atoms with Crippen molar-refractivity contribution in [3.05, 3.63) is 23.6 Å². The third-order valence-corrected chi connectivity index (χ3v) is 4.01. The molecule has 4 nitrogen and oxygen atoms in total. The summed E-state index contributed by atoms with van der Waals surface area (Å²) >= 11 is 0. The van der Waals surface area contributed by atoms with Crippen LogP contribution in [0.2, 0.25) is 0 Å². The van der Waals surface area contributed by atoms with Gasteiger partial charge in [-0.1, -0.05) is 0 Å². The van der Waals surface area contributed by atoms with Crippen molar-refractivity contribution in [3.63, 3.8) is 0 Å². The third-order valence-electron chi connectivity index (χ3n) is 4.01. The van der Waals surface area contributed by atoms with E-state index in [0.29, 0.717) is 11.6 Å². The first-order valence-electron chi connectivity index (χ1n) is 6.63. The molecule has 1 atom stereocenters. The number of likely N-dealkylation sites (tertiary alicyclic amines) is 1. The number of halogens is 1. The summed E-state index contributed by atoms with van der Waals surface area (Å²) in [6, 6.07) is 3.82. The average molecular weight is 263 g/mol. The SMILES string of the molecule is COc1cc2c(CCN3CCC3C)[nH]nc2cc1F. The maximum Gasteiger partial charge on any atom is 0.167 e. The van der Waals surface area contributed by atoms with Gasteiger partial charge in [-0.25, -0.2) is 4.39 Å². The number of methoxy groups -OCH3 is 1. The smallest absolute Gasteiger partial charge is 0.167 e. The lowest BCUT2D eigenvalue weighted by atomic mass is 10.0. The molecule has 1 unspecified atom stereocenters. The molecule has 0 radical (unpaired) electrons. The summed E-state index contributed by atoms with van der Waals surface area (Å²) in [7, 11) is 1.48. The predicted octanol–water partition coefficient (Wildman–Crippen LogP) is 2.35. The number of hydrogen-bond acceptors (Lipinski definition) is 3. The molecule has 0 spiro atoms. The molecule has 1 N–H and O–H groups in total. The van der Waals surface area contributed by atoms with Gasteiger partial charge in [0.2, 0.25) is 0 Å². The molecule has 2 aromatic rings. The van der Waals surface area contributed by atoms with E-state index >= 15 is 0 Å². The van der Waals surface area contributed by atoms with Crippen molar-refractivity contribution >= 4 is 10.9 Å². The standard InChI is InChI=1S/C14H18FN3O/c1-9-3-5-18(9)6-4-12-10-7-14(19-2)11(15)8-13(10)17-16-12/h7-9H,3-6H2,1-2H3,(H,16,17). The number of aromatic nitrogens is 2. The summed E-state index contributed by atoms with van der Waals surface area (Å²) in [5.41, 5.74) is 1.71. The third kappa shape index (κ3) is 2.18. The molecule has 1 aromatic carbocycles. The molecule has 2 heterocycles. The van der Waals surface area contributed by atoms with E-state index < -0.39 is 0 Å². The van der Waals surface area contributed by atoms with E-state index in [0.717, 1.165) is 24.0 Å². The van der Waals surface area contributed by atoms with Gasteiger partial charge in [0.05, 0.1) is 12.6 Å². The highest BCUT2D eigenvalue weighted by molar-refractivity contribution is 5.83. The molecule has 1 aliphatic heterocycles. The summed E-state index contributed by atoms with van der Waals surface area (Å²) < 4.78 is 18.6. The van der Waals surface area contributed by atoms with Crippen molar-refractivity contribution in [2.24, 2.45) is 0 Å². The molecule has 102 valence electrons. The second-order valence-electron chi connectivity index (χ2n) is 5.13. The van der Waals surface area contributed by atoms with Crippen LogP contribution in [0.3, 0.4) is 0 Å². The number of fused-ring (bicyclic) bond motifs is 1. The molecule has 0 aliphatic carbocycles. The summed E-state index contributed by atoms with van der Waals surface area (Å²) in [5.74, 6) is -0.100. The van der Waals surface area contributed by atoms with Crippen LogP contribution in [0.25, 0.3) is 10.9 Å². The van der Waals surface area contributed by atoms with E-state index in [9.17, 15) is 4.39 Å². The Bertz CT molecular complexity index is 596. The van der Waals surface area contributed by atoms with E-state index in [4.69, 9.17) is 4.74 Å². The highest BCUT2D eigenvalue weighted by Gasteiger charge is 2.23. The molecular formula is C14H18FN3O. The highest BCUT2D eigenvalue weighted by atomic mass is 19.1. The van der Waals surface area contributed by atoms with Crippen molar-refractivity contribution in [3.8, 4) is 5.75 Å². The molecule has 3 rings (SSSR count). The first-order chi connectivity index (χ1) is 9.19. The number of rotatable bonds is 4. The van der Waals surface area contributed by atoms with Gasteiger partial charge in [0.15, 0.2) is 11.6 Å². The number of aromatic amines is 1. The fraction of sp³-hybridized carbons (Fsp3) is 0.500. The van der Waals surface area contributed by atoms with Crippen molar-refractivity contribution in [1.82, 2.24) is 15.1 Å². The fourth-order valence-corrected chi connectivity index (χ4v) is 2.57. The summed E-state index contributed by atoms with van der Waals surface area (Å²) in [6.45, 7) is 4.43. The minimum Gasteiger partial charge on any atom is -0.494 e. The van der Waals surface area contributed by atoms with Crippen LogP contribution in [0.5, 0.6) is 5.75 Å². The Morgan fingerprint density at radius 1 is 1.53 bits per heavy atom.